The minimum Gasteiger partial charge on any atom is -0.367 e. The van der Waals surface area contributed by atoms with E-state index in [1.807, 2.05) is 0 Å². The topological polar surface area (TPSA) is 66.9 Å². The summed E-state index contributed by atoms with van der Waals surface area (Å²) in [6.45, 7) is 1.09. The Hall–Kier alpha value is -1.66. The molecule has 0 aliphatic carbocycles. The van der Waals surface area contributed by atoms with E-state index in [1.165, 1.54) is 11.3 Å². The number of hydrogen-bond acceptors (Lipinski definition) is 5. The predicted molar refractivity (Wildman–Crippen MR) is 72.2 cm³/mol. The van der Waals surface area contributed by atoms with Gasteiger partial charge in [-0.2, -0.15) is 0 Å². The molecule has 2 aromatic rings. The summed E-state index contributed by atoms with van der Waals surface area (Å²) in [4.78, 5) is 20.2. The zero-order chi connectivity index (χ0) is 12.8. The van der Waals surface area contributed by atoms with Crippen LogP contribution in [0.25, 0.3) is 0 Å². The Morgan fingerprint density at radius 3 is 2.89 bits per heavy atom. The van der Waals surface area contributed by atoms with Gasteiger partial charge in [0.05, 0.1) is 15.4 Å². The molecule has 0 spiro atoms. The van der Waals surface area contributed by atoms with Crippen LogP contribution < -0.4 is 10.6 Å². The first-order valence-corrected chi connectivity index (χ1v) is 6.48. The molecule has 0 aliphatic rings. The SMILES string of the molecule is O=C(NCCNc1cnccn1)c1ccc(Cl)s1. The smallest absolute Gasteiger partial charge is 0.261 e. The van der Waals surface area contributed by atoms with Crippen molar-refractivity contribution in [1.29, 1.82) is 0 Å². The van der Waals surface area contributed by atoms with Crippen molar-refractivity contribution in [3.05, 3.63) is 39.9 Å². The molecule has 2 heterocycles. The molecule has 7 heteroatoms. The molecule has 0 saturated heterocycles. The van der Waals surface area contributed by atoms with Crippen LogP contribution in [0.15, 0.2) is 30.7 Å². The number of aromatic nitrogens is 2. The number of carbonyl (C=O) groups excluding carboxylic acids is 1. The highest BCUT2D eigenvalue weighted by Crippen LogP contribution is 2.20. The fraction of sp³-hybridized carbons (Fsp3) is 0.182. The number of amides is 1. The standard InChI is InChI=1S/C11H11ClN4OS/c12-9-2-1-8(18-9)11(17)16-6-5-15-10-7-13-3-4-14-10/h1-4,7H,5-6H2,(H,14,15)(H,16,17). The molecule has 18 heavy (non-hydrogen) atoms. The van der Waals surface area contributed by atoms with Gasteiger partial charge in [-0.15, -0.1) is 11.3 Å². The maximum Gasteiger partial charge on any atom is 0.261 e. The van der Waals surface area contributed by atoms with Gasteiger partial charge < -0.3 is 10.6 Å². The van der Waals surface area contributed by atoms with E-state index in [-0.39, 0.29) is 5.91 Å². The zero-order valence-corrected chi connectivity index (χ0v) is 11.0. The Morgan fingerprint density at radius 1 is 1.33 bits per heavy atom. The highest BCUT2D eigenvalue weighted by Gasteiger charge is 2.07. The van der Waals surface area contributed by atoms with Crippen molar-refractivity contribution >= 4 is 34.7 Å². The number of anilines is 1. The lowest BCUT2D eigenvalue weighted by Gasteiger charge is -2.05. The number of thiophene rings is 1. The Bertz CT molecular complexity index is 517. The third-order valence-electron chi connectivity index (χ3n) is 2.08. The molecule has 0 fully saturated rings. The minimum atomic E-state index is -0.118. The maximum absolute atomic E-state index is 11.7. The normalized spacial score (nSPS) is 10.1. The third kappa shape index (κ3) is 3.68. The lowest BCUT2D eigenvalue weighted by atomic mass is 10.4. The first-order valence-electron chi connectivity index (χ1n) is 5.29. The Morgan fingerprint density at radius 2 is 2.22 bits per heavy atom. The summed E-state index contributed by atoms with van der Waals surface area (Å²) in [5.74, 6) is 0.568. The van der Waals surface area contributed by atoms with E-state index in [2.05, 4.69) is 20.6 Å². The molecule has 0 atom stereocenters. The van der Waals surface area contributed by atoms with Gasteiger partial charge in [0.2, 0.25) is 0 Å². The van der Waals surface area contributed by atoms with Crippen LogP contribution in [0.2, 0.25) is 4.34 Å². The molecule has 0 aliphatic heterocycles. The maximum atomic E-state index is 11.7. The Kier molecular flexibility index (Phi) is 4.49. The average Bonchev–Trinajstić information content (AvgIpc) is 2.82. The van der Waals surface area contributed by atoms with Crippen molar-refractivity contribution in [2.45, 2.75) is 0 Å². The van der Waals surface area contributed by atoms with Gasteiger partial charge in [-0.3, -0.25) is 9.78 Å². The van der Waals surface area contributed by atoms with Crippen LogP contribution >= 0.6 is 22.9 Å². The number of nitrogens with one attached hydrogen (secondary N) is 2. The molecular formula is C11H11ClN4OS. The molecule has 0 bridgehead atoms. The molecule has 2 rings (SSSR count). The second kappa shape index (κ2) is 6.32. The van der Waals surface area contributed by atoms with E-state index < -0.39 is 0 Å². The quantitative estimate of drug-likeness (QED) is 0.824. The minimum absolute atomic E-state index is 0.118. The molecular weight excluding hydrogens is 272 g/mol. The van der Waals surface area contributed by atoms with E-state index in [4.69, 9.17) is 11.6 Å². The number of carbonyl (C=O) groups is 1. The van der Waals surface area contributed by atoms with Crippen LogP contribution in [0.4, 0.5) is 5.82 Å². The number of halogens is 1. The highest BCUT2D eigenvalue weighted by atomic mass is 35.5. The number of nitrogens with zero attached hydrogens (tertiary/aromatic N) is 2. The van der Waals surface area contributed by atoms with Gasteiger partial charge in [-0.1, -0.05) is 11.6 Å². The fourth-order valence-electron chi connectivity index (χ4n) is 1.28. The molecule has 2 N–H and O–H groups in total. The van der Waals surface area contributed by atoms with Gasteiger partial charge in [0.25, 0.3) is 5.91 Å². The van der Waals surface area contributed by atoms with Crippen LogP contribution in [0, 0.1) is 0 Å². The molecule has 0 radical (unpaired) electrons. The van der Waals surface area contributed by atoms with Crippen molar-refractivity contribution in [2.24, 2.45) is 0 Å². The van der Waals surface area contributed by atoms with Crippen LogP contribution in [0.5, 0.6) is 0 Å². The van der Waals surface area contributed by atoms with Crippen molar-refractivity contribution in [3.63, 3.8) is 0 Å². The largest absolute Gasteiger partial charge is 0.367 e. The van der Waals surface area contributed by atoms with E-state index >= 15 is 0 Å². The molecule has 0 unspecified atom stereocenters. The summed E-state index contributed by atoms with van der Waals surface area (Å²) in [6.07, 6.45) is 4.84. The third-order valence-corrected chi connectivity index (χ3v) is 3.31. The summed E-state index contributed by atoms with van der Waals surface area (Å²) in [5.41, 5.74) is 0. The highest BCUT2D eigenvalue weighted by molar-refractivity contribution is 7.17. The lowest BCUT2D eigenvalue weighted by Crippen LogP contribution is -2.28. The first kappa shape index (κ1) is 12.8. The van der Waals surface area contributed by atoms with Crippen LogP contribution in [0.1, 0.15) is 9.67 Å². The summed E-state index contributed by atoms with van der Waals surface area (Å²) in [7, 11) is 0. The van der Waals surface area contributed by atoms with Crippen LogP contribution in [-0.2, 0) is 0 Å². The Labute approximate surface area is 113 Å². The van der Waals surface area contributed by atoms with Crippen molar-refractivity contribution < 1.29 is 4.79 Å². The van der Waals surface area contributed by atoms with Crippen molar-refractivity contribution in [1.82, 2.24) is 15.3 Å². The van der Waals surface area contributed by atoms with Crippen LogP contribution in [0.3, 0.4) is 0 Å². The second-order valence-electron chi connectivity index (χ2n) is 3.38. The van der Waals surface area contributed by atoms with E-state index in [1.54, 1.807) is 30.7 Å². The van der Waals surface area contributed by atoms with E-state index in [9.17, 15) is 4.79 Å². The molecule has 1 amide bonds. The summed E-state index contributed by atoms with van der Waals surface area (Å²) in [6, 6.07) is 3.41. The van der Waals surface area contributed by atoms with Crippen LogP contribution in [-0.4, -0.2) is 29.0 Å². The van der Waals surface area contributed by atoms with Gasteiger partial charge in [-0.05, 0) is 12.1 Å². The number of hydrogen-bond donors (Lipinski definition) is 2. The van der Waals surface area contributed by atoms with E-state index in [0.29, 0.717) is 28.1 Å². The fourth-order valence-corrected chi connectivity index (χ4v) is 2.24. The molecule has 2 aromatic heterocycles. The van der Waals surface area contributed by atoms with Gasteiger partial charge in [0.15, 0.2) is 0 Å². The molecule has 0 saturated carbocycles. The first-order chi connectivity index (χ1) is 8.75. The second-order valence-corrected chi connectivity index (χ2v) is 5.09. The molecule has 0 aromatic carbocycles. The summed E-state index contributed by atoms with van der Waals surface area (Å²) in [5, 5.41) is 5.83. The summed E-state index contributed by atoms with van der Waals surface area (Å²) >= 11 is 7.02. The average molecular weight is 283 g/mol. The van der Waals surface area contributed by atoms with E-state index in [0.717, 1.165) is 0 Å². The predicted octanol–water partition coefficient (Wildman–Crippen LogP) is 2.03. The zero-order valence-electron chi connectivity index (χ0n) is 9.39. The van der Waals surface area contributed by atoms with Gasteiger partial charge >= 0.3 is 0 Å². The van der Waals surface area contributed by atoms with Gasteiger partial charge in [0, 0.05) is 25.5 Å². The lowest BCUT2D eigenvalue weighted by molar-refractivity contribution is 0.0959. The van der Waals surface area contributed by atoms with Crippen molar-refractivity contribution in [2.75, 3.05) is 18.4 Å². The molecule has 5 nitrogen and oxygen atoms in total. The molecule has 94 valence electrons. The monoisotopic (exact) mass is 282 g/mol. The Balaban J connectivity index is 1.71. The van der Waals surface area contributed by atoms with Crippen molar-refractivity contribution in [3.8, 4) is 0 Å². The van der Waals surface area contributed by atoms with Gasteiger partial charge in [-0.25, -0.2) is 4.98 Å². The van der Waals surface area contributed by atoms with Gasteiger partial charge in [0.1, 0.15) is 5.82 Å². The summed E-state index contributed by atoms with van der Waals surface area (Å²) < 4.78 is 0.609. The number of rotatable bonds is 5.